The predicted molar refractivity (Wildman–Crippen MR) is 102 cm³/mol. The van der Waals surface area contributed by atoms with E-state index in [2.05, 4.69) is 47.5 Å². The average Bonchev–Trinajstić information content (AvgIpc) is 2.43. The summed E-state index contributed by atoms with van der Waals surface area (Å²) in [6.07, 6.45) is 0. The van der Waals surface area contributed by atoms with Crippen LogP contribution >= 0.6 is 39.5 Å². The van der Waals surface area contributed by atoms with Gasteiger partial charge in [0.25, 0.3) is 0 Å². The number of nitrogens with two attached hydrogens (primary N) is 1. The SMILES string of the molecule is CC(C)(C)SNC(c1ccc(Cl)cc1)c1cc(Br)ccc1N. The maximum absolute atomic E-state index is 6.20. The molecule has 2 aromatic carbocycles. The van der Waals surface area contributed by atoms with Gasteiger partial charge < -0.3 is 5.73 Å². The van der Waals surface area contributed by atoms with Gasteiger partial charge in [0, 0.05) is 19.9 Å². The van der Waals surface area contributed by atoms with E-state index in [0.717, 1.165) is 26.3 Å². The van der Waals surface area contributed by atoms with Gasteiger partial charge in [-0.25, -0.2) is 0 Å². The van der Waals surface area contributed by atoms with Crippen LogP contribution in [-0.4, -0.2) is 4.75 Å². The first-order valence-corrected chi connectivity index (χ1v) is 8.99. The van der Waals surface area contributed by atoms with Crippen LogP contribution in [0.15, 0.2) is 46.9 Å². The molecule has 2 nitrogen and oxygen atoms in total. The summed E-state index contributed by atoms with van der Waals surface area (Å²) in [7, 11) is 0. The van der Waals surface area contributed by atoms with Crippen LogP contribution in [0.1, 0.15) is 37.9 Å². The van der Waals surface area contributed by atoms with Crippen molar-refractivity contribution in [1.82, 2.24) is 4.72 Å². The fraction of sp³-hybridized carbons (Fsp3) is 0.294. The van der Waals surface area contributed by atoms with E-state index < -0.39 is 0 Å². The quantitative estimate of drug-likeness (QED) is 0.503. The molecule has 118 valence electrons. The number of anilines is 1. The number of hydrogen-bond donors (Lipinski definition) is 2. The molecule has 5 heteroatoms. The van der Waals surface area contributed by atoms with Crippen molar-refractivity contribution >= 4 is 45.2 Å². The zero-order valence-electron chi connectivity index (χ0n) is 12.9. The van der Waals surface area contributed by atoms with Gasteiger partial charge in [0.15, 0.2) is 0 Å². The molecule has 0 fully saturated rings. The highest BCUT2D eigenvalue weighted by Crippen LogP contribution is 2.33. The molecule has 0 aromatic heterocycles. The minimum Gasteiger partial charge on any atom is -0.398 e. The Labute approximate surface area is 150 Å². The van der Waals surface area contributed by atoms with Gasteiger partial charge in [-0.3, -0.25) is 4.72 Å². The highest BCUT2D eigenvalue weighted by Gasteiger charge is 2.20. The van der Waals surface area contributed by atoms with Crippen molar-refractivity contribution in [2.75, 3.05) is 5.73 Å². The lowest BCUT2D eigenvalue weighted by atomic mass is 9.98. The molecular weight excluding hydrogens is 380 g/mol. The molecule has 0 bridgehead atoms. The number of nitrogens with one attached hydrogen (secondary N) is 1. The van der Waals surface area contributed by atoms with Gasteiger partial charge in [0.1, 0.15) is 0 Å². The van der Waals surface area contributed by atoms with Crippen molar-refractivity contribution in [2.24, 2.45) is 0 Å². The summed E-state index contributed by atoms with van der Waals surface area (Å²) < 4.78 is 4.67. The molecule has 0 aliphatic heterocycles. The Morgan fingerprint density at radius 3 is 2.36 bits per heavy atom. The number of halogens is 2. The van der Waals surface area contributed by atoms with Gasteiger partial charge in [-0.15, -0.1) is 0 Å². The summed E-state index contributed by atoms with van der Waals surface area (Å²) >= 11 is 11.2. The average molecular weight is 400 g/mol. The second-order valence-corrected chi connectivity index (χ2v) is 9.11. The molecule has 0 saturated carbocycles. The van der Waals surface area contributed by atoms with Crippen molar-refractivity contribution < 1.29 is 0 Å². The Morgan fingerprint density at radius 1 is 1.14 bits per heavy atom. The Bertz CT molecular complexity index is 638. The van der Waals surface area contributed by atoms with E-state index in [9.17, 15) is 0 Å². The molecule has 1 unspecified atom stereocenters. The minimum absolute atomic E-state index is 0.000934. The maximum atomic E-state index is 6.20. The molecule has 3 N–H and O–H groups in total. The molecule has 0 aliphatic rings. The first-order valence-electron chi connectivity index (χ1n) is 7.00. The summed E-state index contributed by atoms with van der Waals surface area (Å²) in [5.74, 6) is 0. The fourth-order valence-electron chi connectivity index (χ4n) is 2.00. The third-order valence-electron chi connectivity index (χ3n) is 3.05. The van der Waals surface area contributed by atoms with Crippen molar-refractivity contribution in [1.29, 1.82) is 0 Å². The van der Waals surface area contributed by atoms with Gasteiger partial charge in [-0.1, -0.05) is 51.6 Å². The number of nitrogen functional groups attached to an aromatic ring is 1. The summed E-state index contributed by atoms with van der Waals surface area (Å²) in [5.41, 5.74) is 9.15. The molecule has 1 atom stereocenters. The Balaban J connectivity index is 2.40. The lowest BCUT2D eigenvalue weighted by molar-refractivity contribution is 0.753. The van der Waals surface area contributed by atoms with Gasteiger partial charge in [-0.2, -0.15) is 0 Å². The van der Waals surface area contributed by atoms with Crippen LogP contribution < -0.4 is 10.5 Å². The Kier molecular flexibility index (Phi) is 5.83. The fourth-order valence-corrected chi connectivity index (χ4v) is 3.24. The van der Waals surface area contributed by atoms with Crippen LogP contribution in [0.5, 0.6) is 0 Å². The van der Waals surface area contributed by atoms with E-state index in [1.807, 2.05) is 36.4 Å². The first-order chi connectivity index (χ1) is 10.3. The molecule has 22 heavy (non-hydrogen) atoms. The third kappa shape index (κ3) is 4.92. The van der Waals surface area contributed by atoms with Gasteiger partial charge in [0.05, 0.1) is 6.04 Å². The highest BCUT2D eigenvalue weighted by molar-refractivity contribution is 9.10. The first kappa shape index (κ1) is 17.7. The highest BCUT2D eigenvalue weighted by atomic mass is 79.9. The van der Waals surface area contributed by atoms with Gasteiger partial charge in [-0.05, 0) is 62.2 Å². The van der Waals surface area contributed by atoms with E-state index >= 15 is 0 Å². The van der Waals surface area contributed by atoms with E-state index in [-0.39, 0.29) is 10.8 Å². The Hall–Kier alpha value is -0.680. The lowest BCUT2D eigenvalue weighted by Crippen LogP contribution is -2.23. The van der Waals surface area contributed by atoms with Crippen molar-refractivity contribution in [3.05, 3.63) is 63.1 Å². The predicted octanol–water partition coefficient (Wildman–Crippen LogP) is 5.81. The lowest BCUT2D eigenvalue weighted by Gasteiger charge is -2.26. The van der Waals surface area contributed by atoms with Crippen LogP contribution in [0, 0.1) is 0 Å². The van der Waals surface area contributed by atoms with E-state index in [1.54, 1.807) is 11.9 Å². The zero-order valence-corrected chi connectivity index (χ0v) is 16.0. The van der Waals surface area contributed by atoms with Gasteiger partial charge >= 0.3 is 0 Å². The van der Waals surface area contributed by atoms with E-state index in [4.69, 9.17) is 17.3 Å². The number of benzene rings is 2. The topological polar surface area (TPSA) is 38.0 Å². The molecule has 0 aliphatic carbocycles. The largest absolute Gasteiger partial charge is 0.398 e. The van der Waals surface area contributed by atoms with Crippen LogP contribution in [0.3, 0.4) is 0 Å². The smallest absolute Gasteiger partial charge is 0.0692 e. The molecule has 0 saturated heterocycles. The Morgan fingerprint density at radius 2 is 1.77 bits per heavy atom. The molecule has 0 radical (unpaired) electrons. The normalized spacial score (nSPS) is 13.1. The second-order valence-electron chi connectivity index (χ2n) is 6.09. The molecule has 0 heterocycles. The van der Waals surface area contributed by atoms with Crippen LogP contribution in [0.25, 0.3) is 0 Å². The zero-order chi connectivity index (χ0) is 16.3. The standard InChI is InChI=1S/C17H20BrClN2S/c1-17(2,3)22-21-16(11-4-7-13(19)8-5-11)14-10-12(18)6-9-15(14)20/h4-10,16,21H,20H2,1-3H3. The molecular formula is C17H20BrClN2S. The number of rotatable bonds is 4. The van der Waals surface area contributed by atoms with Crippen LogP contribution in [0.4, 0.5) is 5.69 Å². The molecule has 0 spiro atoms. The molecule has 2 rings (SSSR count). The summed E-state index contributed by atoms with van der Waals surface area (Å²) in [5, 5.41) is 0.730. The molecule has 0 amide bonds. The maximum Gasteiger partial charge on any atom is 0.0692 e. The van der Waals surface area contributed by atoms with Crippen LogP contribution in [-0.2, 0) is 0 Å². The van der Waals surface area contributed by atoms with Crippen LogP contribution in [0.2, 0.25) is 5.02 Å². The number of hydrogen-bond acceptors (Lipinski definition) is 3. The summed E-state index contributed by atoms with van der Waals surface area (Å²) in [4.78, 5) is 0. The molecule has 2 aromatic rings. The van der Waals surface area contributed by atoms with E-state index in [1.165, 1.54) is 0 Å². The second kappa shape index (κ2) is 7.26. The van der Waals surface area contributed by atoms with Crippen molar-refractivity contribution in [3.8, 4) is 0 Å². The van der Waals surface area contributed by atoms with Crippen molar-refractivity contribution in [2.45, 2.75) is 31.6 Å². The third-order valence-corrected chi connectivity index (χ3v) is 4.76. The summed E-state index contributed by atoms with van der Waals surface area (Å²) in [6.45, 7) is 6.52. The van der Waals surface area contributed by atoms with E-state index in [0.29, 0.717) is 0 Å². The summed E-state index contributed by atoms with van der Waals surface area (Å²) in [6, 6.07) is 13.8. The monoisotopic (exact) mass is 398 g/mol. The minimum atomic E-state index is -0.000934. The van der Waals surface area contributed by atoms with Crippen molar-refractivity contribution in [3.63, 3.8) is 0 Å². The van der Waals surface area contributed by atoms with Gasteiger partial charge in [0.2, 0.25) is 0 Å².